The second-order valence-electron chi connectivity index (χ2n) is 9.48. The highest BCUT2D eigenvalue weighted by Gasteiger charge is 2.44. The molecule has 0 radical (unpaired) electrons. The lowest BCUT2D eigenvalue weighted by Gasteiger charge is -2.29. The minimum Gasteiger partial charge on any atom is -0.493 e. The average Bonchev–Trinajstić information content (AvgIpc) is 3.26. The van der Waals surface area contributed by atoms with Crippen LogP contribution in [0.3, 0.4) is 0 Å². The highest BCUT2D eigenvalue weighted by atomic mass is 16.5. The van der Waals surface area contributed by atoms with Gasteiger partial charge in [0.2, 0.25) is 5.91 Å². The molecule has 9 heteroatoms. The van der Waals surface area contributed by atoms with Crippen molar-refractivity contribution in [3.05, 3.63) is 65.2 Å². The monoisotopic (exact) mass is 534 g/mol. The van der Waals surface area contributed by atoms with Crippen LogP contribution in [0.2, 0.25) is 0 Å². The summed E-state index contributed by atoms with van der Waals surface area (Å²) in [5.74, 6) is -0.845. The largest absolute Gasteiger partial charge is 0.493 e. The average molecular weight is 535 g/mol. The van der Waals surface area contributed by atoms with Gasteiger partial charge in [-0.1, -0.05) is 11.6 Å². The number of carbonyl (C=O) groups is 4. The summed E-state index contributed by atoms with van der Waals surface area (Å²) in [7, 11) is 3.00. The molecule has 39 heavy (non-hydrogen) atoms. The molecule has 1 fully saturated rings. The number of methoxy groups -OCH3 is 2. The predicted octanol–water partition coefficient (Wildman–Crippen LogP) is 4.55. The van der Waals surface area contributed by atoms with Crippen LogP contribution in [0.1, 0.15) is 66.2 Å². The van der Waals surface area contributed by atoms with Gasteiger partial charge in [0.05, 0.1) is 38.5 Å². The summed E-state index contributed by atoms with van der Waals surface area (Å²) in [6.45, 7) is 2.26. The first-order chi connectivity index (χ1) is 18.9. The molecule has 9 nitrogen and oxygen atoms in total. The molecule has 4 rings (SSSR count). The lowest BCUT2D eigenvalue weighted by Crippen LogP contribution is -2.46. The van der Waals surface area contributed by atoms with Crippen molar-refractivity contribution in [3.8, 4) is 11.5 Å². The van der Waals surface area contributed by atoms with Crippen LogP contribution < -0.4 is 14.4 Å². The molecular weight excluding hydrogens is 500 g/mol. The minimum atomic E-state index is -0.952. The molecular formula is C30H34N2O7. The van der Waals surface area contributed by atoms with Crippen molar-refractivity contribution in [3.63, 3.8) is 0 Å². The molecule has 0 saturated carbocycles. The predicted molar refractivity (Wildman–Crippen MR) is 145 cm³/mol. The molecule has 1 aliphatic heterocycles. The van der Waals surface area contributed by atoms with Crippen LogP contribution in [0.5, 0.6) is 11.5 Å². The third-order valence-corrected chi connectivity index (χ3v) is 7.09. The van der Waals surface area contributed by atoms with Crippen LogP contribution in [0.4, 0.5) is 5.69 Å². The lowest BCUT2D eigenvalue weighted by molar-refractivity contribution is -0.122. The maximum absolute atomic E-state index is 13.8. The third-order valence-electron chi connectivity index (χ3n) is 7.09. The van der Waals surface area contributed by atoms with Gasteiger partial charge in [0, 0.05) is 12.1 Å². The van der Waals surface area contributed by atoms with Crippen molar-refractivity contribution in [1.29, 1.82) is 0 Å². The van der Waals surface area contributed by atoms with E-state index < -0.39 is 23.8 Å². The summed E-state index contributed by atoms with van der Waals surface area (Å²) in [5, 5.41) is 0. The Hall–Kier alpha value is -4.14. The first-order valence-electron chi connectivity index (χ1n) is 13.2. The molecule has 1 aliphatic carbocycles. The SMILES string of the molecule is CCOC(=O)c1ccc(N2C(=O)CC(N(CCC3=CCCCC3)C(=O)c3ccc(OC)c(OC)c3)C2=O)cc1. The first kappa shape index (κ1) is 27.9. The van der Waals surface area contributed by atoms with E-state index in [1.54, 1.807) is 25.1 Å². The summed E-state index contributed by atoms with van der Waals surface area (Å²) < 4.78 is 15.7. The van der Waals surface area contributed by atoms with Crippen molar-refractivity contribution < 1.29 is 33.4 Å². The fourth-order valence-corrected chi connectivity index (χ4v) is 5.02. The van der Waals surface area contributed by atoms with Crippen LogP contribution >= 0.6 is 0 Å². The van der Waals surface area contributed by atoms with E-state index in [0.717, 1.165) is 30.6 Å². The minimum absolute atomic E-state index is 0.128. The Bertz CT molecular complexity index is 1270. The summed E-state index contributed by atoms with van der Waals surface area (Å²) in [6.07, 6.45) is 6.94. The zero-order valence-corrected chi connectivity index (χ0v) is 22.6. The molecule has 0 aromatic heterocycles. The number of allylic oxidation sites excluding steroid dienone is 1. The van der Waals surface area contributed by atoms with E-state index in [9.17, 15) is 19.2 Å². The van der Waals surface area contributed by atoms with Crippen molar-refractivity contribution in [2.75, 3.05) is 32.3 Å². The van der Waals surface area contributed by atoms with E-state index >= 15 is 0 Å². The summed E-state index contributed by atoms with van der Waals surface area (Å²) in [5.41, 5.74) is 2.26. The molecule has 206 valence electrons. The van der Waals surface area contributed by atoms with Gasteiger partial charge in [-0.05, 0) is 81.5 Å². The van der Waals surface area contributed by atoms with E-state index in [0.29, 0.717) is 41.3 Å². The van der Waals surface area contributed by atoms with Crippen molar-refractivity contribution in [1.82, 2.24) is 4.90 Å². The van der Waals surface area contributed by atoms with E-state index in [4.69, 9.17) is 14.2 Å². The zero-order valence-electron chi connectivity index (χ0n) is 22.6. The van der Waals surface area contributed by atoms with E-state index in [1.165, 1.54) is 49.0 Å². The Morgan fingerprint density at radius 1 is 0.974 bits per heavy atom. The standard InChI is InChI=1S/C30H34N2O7/c1-4-39-30(36)21-10-13-23(14-11-21)32-27(33)19-24(29(32)35)31(17-16-20-8-6-5-7-9-20)28(34)22-12-15-25(37-2)26(18-22)38-3/h8,10-15,18,24H,4-7,9,16-17,19H2,1-3H3. The fourth-order valence-electron chi connectivity index (χ4n) is 5.02. The normalized spacial score (nSPS) is 17.1. The zero-order chi connectivity index (χ0) is 27.9. The fraction of sp³-hybridized carbons (Fsp3) is 0.400. The number of anilines is 1. The molecule has 0 N–H and O–H groups in total. The quantitative estimate of drug-likeness (QED) is 0.250. The van der Waals surface area contributed by atoms with E-state index in [-0.39, 0.29) is 18.9 Å². The van der Waals surface area contributed by atoms with Crippen LogP contribution in [0.15, 0.2) is 54.1 Å². The van der Waals surface area contributed by atoms with Gasteiger partial charge in [-0.3, -0.25) is 14.4 Å². The number of hydrogen-bond acceptors (Lipinski definition) is 7. The number of benzene rings is 2. The van der Waals surface area contributed by atoms with Gasteiger partial charge in [-0.2, -0.15) is 0 Å². The highest BCUT2D eigenvalue weighted by Crippen LogP contribution is 2.31. The van der Waals surface area contributed by atoms with E-state index in [2.05, 4.69) is 6.08 Å². The van der Waals surface area contributed by atoms with Gasteiger partial charge in [-0.15, -0.1) is 0 Å². The van der Waals surface area contributed by atoms with Crippen LogP contribution in [0.25, 0.3) is 0 Å². The summed E-state index contributed by atoms with van der Waals surface area (Å²) >= 11 is 0. The number of carbonyl (C=O) groups excluding carboxylic acids is 4. The molecule has 2 aliphatic rings. The number of esters is 1. The van der Waals surface area contributed by atoms with Gasteiger partial charge < -0.3 is 19.1 Å². The highest BCUT2D eigenvalue weighted by molar-refractivity contribution is 6.23. The third kappa shape index (κ3) is 6.13. The number of amides is 3. The van der Waals surface area contributed by atoms with Crippen molar-refractivity contribution in [2.24, 2.45) is 0 Å². The first-order valence-corrected chi connectivity index (χ1v) is 13.2. The Labute approximate surface area is 228 Å². The molecule has 1 heterocycles. The van der Waals surface area contributed by atoms with E-state index in [1.807, 2.05) is 0 Å². The van der Waals surface area contributed by atoms with Gasteiger partial charge in [0.25, 0.3) is 11.8 Å². The Morgan fingerprint density at radius 2 is 1.69 bits per heavy atom. The number of hydrogen-bond donors (Lipinski definition) is 0. The topological polar surface area (TPSA) is 102 Å². The lowest BCUT2D eigenvalue weighted by atomic mass is 9.96. The van der Waals surface area contributed by atoms with Crippen molar-refractivity contribution >= 4 is 29.4 Å². The van der Waals surface area contributed by atoms with Crippen LogP contribution in [-0.2, 0) is 14.3 Å². The molecule has 1 saturated heterocycles. The molecule has 2 aromatic rings. The molecule has 2 aromatic carbocycles. The maximum Gasteiger partial charge on any atom is 0.338 e. The van der Waals surface area contributed by atoms with Gasteiger partial charge in [0.15, 0.2) is 11.5 Å². The molecule has 1 atom stereocenters. The molecule has 0 bridgehead atoms. The molecule has 1 unspecified atom stereocenters. The van der Waals surface area contributed by atoms with Gasteiger partial charge in [0.1, 0.15) is 6.04 Å². The Balaban J connectivity index is 1.61. The smallest absolute Gasteiger partial charge is 0.338 e. The number of nitrogens with zero attached hydrogens (tertiary/aromatic N) is 2. The molecule has 3 amide bonds. The van der Waals surface area contributed by atoms with Crippen molar-refractivity contribution in [2.45, 2.75) is 51.5 Å². The Morgan fingerprint density at radius 3 is 2.33 bits per heavy atom. The number of ether oxygens (including phenoxy) is 3. The Kier molecular flexibility index (Phi) is 9.01. The second-order valence-corrected chi connectivity index (χ2v) is 9.48. The number of rotatable bonds is 10. The van der Waals surface area contributed by atoms with Gasteiger partial charge in [-0.25, -0.2) is 9.69 Å². The number of imide groups is 1. The van der Waals surface area contributed by atoms with Crippen LogP contribution in [-0.4, -0.2) is 62.0 Å². The summed E-state index contributed by atoms with van der Waals surface area (Å²) in [6, 6.07) is 10.0. The van der Waals surface area contributed by atoms with Crippen LogP contribution in [0, 0.1) is 0 Å². The summed E-state index contributed by atoms with van der Waals surface area (Å²) in [4.78, 5) is 55.2. The van der Waals surface area contributed by atoms with Gasteiger partial charge >= 0.3 is 5.97 Å². The molecule has 0 spiro atoms. The maximum atomic E-state index is 13.8. The second kappa shape index (κ2) is 12.6.